The maximum Gasteiger partial charge on any atom is 0.303 e. The number of unbranched alkanes of at least 4 members (excludes halogenated alkanes) is 1. The largest absolute Gasteiger partial charge is 0.481 e. The molecule has 2 aliphatic rings. The molecule has 2 fully saturated rings. The molecule has 0 spiro atoms. The van der Waals surface area contributed by atoms with Gasteiger partial charge in [0.15, 0.2) is 0 Å². The van der Waals surface area contributed by atoms with Crippen LogP contribution in [0.3, 0.4) is 0 Å². The van der Waals surface area contributed by atoms with Gasteiger partial charge in [-0.2, -0.15) is 0 Å². The van der Waals surface area contributed by atoms with Crippen LogP contribution in [0.1, 0.15) is 62.5 Å². The van der Waals surface area contributed by atoms with Crippen LogP contribution in [0.2, 0.25) is 5.02 Å². The zero-order valence-corrected chi connectivity index (χ0v) is 16.5. The van der Waals surface area contributed by atoms with E-state index in [0.29, 0.717) is 0 Å². The van der Waals surface area contributed by atoms with E-state index in [4.69, 9.17) is 16.7 Å². The number of hydrogen-bond acceptors (Lipinski definition) is 1. The van der Waals surface area contributed by atoms with Crippen LogP contribution >= 0.6 is 11.6 Å². The molecular weight excluding hydrogens is 344 g/mol. The van der Waals surface area contributed by atoms with Crippen molar-refractivity contribution < 1.29 is 9.90 Å². The quantitative estimate of drug-likeness (QED) is 0.398. The molecule has 142 valence electrons. The van der Waals surface area contributed by atoms with Crippen LogP contribution in [0, 0.1) is 30.6 Å². The minimum Gasteiger partial charge on any atom is -0.481 e. The predicted molar refractivity (Wildman–Crippen MR) is 108 cm³/mol. The summed E-state index contributed by atoms with van der Waals surface area (Å²) >= 11 is 6.06. The van der Waals surface area contributed by atoms with Gasteiger partial charge in [0.25, 0.3) is 0 Å². The topological polar surface area (TPSA) is 37.3 Å². The fourth-order valence-corrected chi connectivity index (χ4v) is 5.50. The fraction of sp³-hybridized carbons (Fsp3) is 0.609. The van der Waals surface area contributed by atoms with Gasteiger partial charge in [-0.05, 0) is 105 Å². The maximum absolute atomic E-state index is 10.6. The van der Waals surface area contributed by atoms with E-state index in [9.17, 15) is 4.79 Å². The molecule has 26 heavy (non-hydrogen) atoms. The third-order valence-corrected chi connectivity index (χ3v) is 6.80. The molecule has 2 bridgehead atoms. The summed E-state index contributed by atoms with van der Waals surface area (Å²) < 4.78 is 0. The van der Waals surface area contributed by atoms with E-state index in [2.05, 4.69) is 31.2 Å². The minimum atomic E-state index is -0.686. The number of benzene rings is 1. The van der Waals surface area contributed by atoms with Gasteiger partial charge in [0, 0.05) is 11.4 Å². The molecule has 2 aliphatic carbocycles. The molecule has 0 radical (unpaired) electrons. The Morgan fingerprint density at radius 1 is 1.27 bits per heavy atom. The highest BCUT2D eigenvalue weighted by Gasteiger charge is 2.45. The SMILES string of the molecule is Cc1cc(Cl)ccc1CCC[C@H]1[C@H]2CC[C@H](C2)[C@@H]1/C=C\CCCC(=O)O. The Morgan fingerprint density at radius 3 is 2.85 bits per heavy atom. The Balaban J connectivity index is 1.50. The lowest BCUT2D eigenvalue weighted by Gasteiger charge is -2.29. The van der Waals surface area contributed by atoms with E-state index in [-0.39, 0.29) is 6.42 Å². The van der Waals surface area contributed by atoms with Gasteiger partial charge in [0.05, 0.1) is 0 Å². The minimum absolute atomic E-state index is 0.283. The summed E-state index contributed by atoms with van der Waals surface area (Å²) in [6.45, 7) is 2.15. The number of halogens is 1. The molecule has 3 rings (SSSR count). The van der Waals surface area contributed by atoms with Crippen LogP contribution in [0.4, 0.5) is 0 Å². The average molecular weight is 375 g/mol. The van der Waals surface area contributed by atoms with E-state index >= 15 is 0 Å². The Hall–Kier alpha value is -1.28. The zero-order valence-electron chi connectivity index (χ0n) is 15.8. The van der Waals surface area contributed by atoms with Gasteiger partial charge in [0.2, 0.25) is 0 Å². The van der Waals surface area contributed by atoms with E-state index < -0.39 is 5.97 Å². The van der Waals surface area contributed by atoms with Gasteiger partial charge in [-0.25, -0.2) is 0 Å². The molecule has 0 saturated heterocycles. The normalized spacial score (nSPS) is 27.5. The summed E-state index contributed by atoms with van der Waals surface area (Å²) in [7, 11) is 0. The molecule has 3 heteroatoms. The van der Waals surface area contributed by atoms with Gasteiger partial charge in [-0.3, -0.25) is 4.79 Å². The molecule has 0 unspecified atom stereocenters. The Labute approximate surface area is 162 Å². The molecule has 2 nitrogen and oxygen atoms in total. The number of allylic oxidation sites excluding steroid dienone is 2. The van der Waals surface area contributed by atoms with E-state index in [0.717, 1.165) is 48.0 Å². The highest BCUT2D eigenvalue weighted by molar-refractivity contribution is 6.30. The Morgan fingerprint density at radius 2 is 2.08 bits per heavy atom. The number of hydrogen-bond donors (Lipinski definition) is 1. The molecule has 0 aliphatic heterocycles. The molecule has 0 amide bonds. The van der Waals surface area contributed by atoms with E-state index in [1.165, 1.54) is 43.2 Å². The smallest absolute Gasteiger partial charge is 0.303 e. The van der Waals surface area contributed by atoms with Crippen molar-refractivity contribution in [1.29, 1.82) is 0 Å². The second-order valence-corrected chi connectivity index (χ2v) is 8.69. The van der Waals surface area contributed by atoms with Crippen molar-refractivity contribution >= 4 is 17.6 Å². The van der Waals surface area contributed by atoms with Crippen LogP contribution in [0.25, 0.3) is 0 Å². The zero-order chi connectivity index (χ0) is 18.5. The fourth-order valence-electron chi connectivity index (χ4n) is 5.28. The first-order valence-corrected chi connectivity index (χ1v) is 10.6. The van der Waals surface area contributed by atoms with Gasteiger partial charge >= 0.3 is 5.97 Å². The molecule has 2 saturated carbocycles. The number of carbonyl (C=O) groups is 1. The number of carboxylic acid groups (broad SMARTS) is 1. The first kappa shape index (κ1) is 19.5. The van der Waals surface area contributed by atoms with Crippen molar-refractivity contribution in [3.63, 3.8) is 0 Å². The standard InChI is InChI=1S/C23H31ClO2/c1-16-14-20(24)13-12-17(16)6-5-8-22-19-11-10-18(15-19)21(22)7-3-2-4-9-23(25)26/h3,7,12-14,18-19,21-22H,2,4-6,8-11,15H2,1H3,(H,25,26)/b7-3-/t18-,19+,21+,22+/m1/s1. The van der Waals surface area contributed by atoms with Crippen LogP contribution < -0.4 is 0 Å². The third kappa shape index (κ3) is 4.91. The van der Waals surface area contributed by atoms with E-state index in [1.807, 2.05) is 6.07 Å². The van der Waals surface area contributed by atoms with Crippen LogP contribution in [0.5, 0.6) is 0 Å². The highest BCUT2D eigenvalue weighted by atomic mass is 35.5. The van der Waals surface area contributed by atoms with Crippen LogP contribution in [-0.4, -0.2) is 11.1 Å². The number of fused-ring (bicyclic) bond motifs is 2. The molecule has 1 N–H and O–H groups in total. The maximum atomic E-state index is 10.6. The number of carboxylic acids is 1. The lowest BCUT2D eigenvalue weighted by Crippen LogP contribution is -2.21. The van der Waals surface area contributed by atoms with Crippen LogP contribution in [-0.2, 0) is 11.2 Å². The van der Waals surface area contributed by atoms with Crippen molar-refractivity contribution in [3.8, 4) is 0 Å². The summed E-state index contributed by atoms with van der Waals surface area (Å²) in [4.78, 5) is 10.6. The summed E-state index contributed by atoms with van der Waals surface area (Å²) in [5.74, 6) is 2.66. The second-order valence-electron chi connectivity index (χ2n) is 8.25. The monoisotopic (exact) mass is 374 g/mol. The van der Waals surface area contributed by atoms with Gasteiger partial charge in [-0.15, -0.1) is 0 Å². The molecule has 0 aromatic heterocycles. The van der Waals surface area contributed by atoms with Crippen molar-refractivity contribution in [2.45, 2.75) is 64.7 Å². The van der Waals surface area contributed by atoms with Crippen molar-refractivity contribution in [1.82, 2.24) is 0 Å². The summed E-state index contributed by atoms with van der Waals surface area (Å²) in [5, 5.41) is 9.57. The first-order chi connectivity index (χ1) is 12.5. The average Bonchev–Trinajstić information content (AvgIpc) is 3.18. The number of aliphatic carboxylic acids is 1. The Kier molecular flexibility index (Phi) is 6.80. The van der Waals surface area contributed by atoms with Crippen molar-refractivity contribution in [2.75, 3.05) is 0 Å². The molecule has 1 aromatic carbocycles. The van der Waals surface area contributed by atoms with Crippen LogP contribution in [0.15, 0.2) is 30.4 Å². The molecular formula is C23H31ClO2. The molecule has 1 aromatic rings. The summed E-state index contributed by atoms with van der Waals surface area (Å²) in [6.07, 6.45) is 14.6. The molecule has 0 heterocycles. The van der Waals surface area contributed by atoms with Gasteiger partial charge < -0.3 is 5.11 Å². The first-order valence-electron chi connectivity index (χ1n) is 10.2. The molecule has 4 atom stereocenters. The lowest BCUT2D eigenvalue weighted by molar-refractivity contribution is -0.137. The lowest BCUT2D eigenvalue weighted by atomic mass is 9.76. The van der Waals surface area contributed by atoms with Crippen molar-refractivity contribution in [2.24, 2.45) is 23.7 Å². The highest BCUT2D eigenvalue weighted by Crippen LogP contribution is 2.54. The third-order valence-electron chi connectivity index (χ3n) is 6.57. The second kappa shape index (κ2) is 9.08. The Bertz CT molecular complexity index is 652. The summed E-state index contributed by atoms with van der Waals surface area (Å²) in [5.41, 5.74) is 2.73. The van der Waals surface area contributed by atoms with Gasteiger partial charge in [0.1, 0.15) is 0 Å². The van der Waals surface area contributed by atoms with Crippen molar-refractivity contribution in [3.05, 3.63) is 46.5 Å². The van der Waals surface area contributed by atoms with E-state index in [1.54, 1.807) is 0 Å². The summed E-state index contributed by atoms with van der Waals surface area (Å²) in [6, 6.07) is 6.25. The number of aryl methyl sites for hydroxylation is 2. The predicted octanol–water partition coefficient (Wildman–Crippen LogP) is 6.44. The number of rotatable bonds is 9. The van der Waals surface area contributed by atoms with Gasteiger partial charge in [-0.1, -0.05) is 29.8 Å².